The molecule has 20 heavy (non-hydrogen) atoms. The van der Waals surface area contributed by atoms with Gasteiger partial charge in [-0.3, -0.25) is 4.99 Å². The van der Waals surface area contributed by atoms with Crippen LogP contribution >= 0.6 is 0 Å². The second kappa shape index (κ2) is 5.30. The zero-order valence-corrected chi connectivity index (χ0v) is 11.8. The van der Waals surface area contributed by atoms with Crippen LogP contribution in [0.15, 0.2) is 65.7 Å². The van der Waals surface area contributed by atoms with Gasteiger partial charge >= 0.3 is 0 Å². The van der Waals surface area contributed by atoms with Gasteiger partial charge in [0.05, 0.1) is 5.69 Å². The van der Waals surface area contributed by atoms with Crippen molar-refractivity contribution in [2.75, 3.05) is 0 Å². The van der Waals surface area contributed by atoms with Crippen molar-refractivity contribution in [1.82, 2.24) is 0 Å². The Balaban J connectivity index is 2.03. The fraction of sp³-hybridized carbons (Fsp3) is 0.105. The Kier molecular flexibility index (Phi) is 3.34. The first kappa shape index (κ1) is 12.6. The molecule has 0 aliphatic carbocycles. The van der Waals surface area contributed by atoms with E-state index in [-0.39, 0.29) is 0 Å². The van der Waals surface area contributed by atoms with Gasteiger partial charge < -0.3 is 0 Å². The summed E-state index contributed by atoms with van der Waals surface area (Å²) >= 11 is 0. The SMILES string of the molecule is Cc1ccccc1N=Cc1ccc2ccccc2c1C. The molecule has 0 saturated heterocycles. The largest absolute Gasteiger partial charge is 0.256 e. The van der Waals surface area contributed by atoms with Crippen LogP contribution < -0.4 is 0 Å². The molecule has 0 unspecified atom stereocenters. The molecule has 0 fully saturated rings. The molecule has 1 nitrogen and oxygen atoms in total. The second-order valence-electron chi connectivity index (χ2n) is 5.05. The minimum absolute atomic E-state index is 1.03. The van der Waals surface area contributed by atoms with Gasteiger partial charge in [0.15, 0.2) is 0 Å². The van der Waals surface area contributed by atoms with E-state index < -0.39 is 0 Å². The van der Waals surface area contributed by atoms with Gasteiger partial charge in [-0.25, -0.2) is 0 Å². The number of fused-ring (bicyclic) bond motifs is 1. The lowest BCUT2D eigenvalue weighted by Crippen LogP contribution is -1.88. The molecular weight excluding hydrogens is 242 g/mol. The van der Waals surface area contributed by atoms with E-state index >= 15 is 0 Å². The van der Waals surface area contributed by atoms with Gasteiger partial charge in [0.2, 0.25) is 0 Å². The third kappa shape index (κ3) is 2.35. The van der Waals surface area contributed by atoms with Gasteiger partial charge in [0, 0.05) is 6.21 Å². The number of rotatable bonds is 2. The van der Waals surface area contributed by atoms with E-state index in [0.29, 0.717) is 0 Å². The van der Waals surface area contributed by atoms with Gasteiger partial charge in [0.1, 0.15) is 0 Å². The highest BCUT2D eigenvalue weighted by atomic mass is 14.7. The topological polar surface area (TPSA) is 12.4 Å². The molecular formula is C19H17N. The van der Waals surface area contributed by atoms with Crippen molar-refractivity contribution < 1.29 is 0 Å². The fourth-order valence-electron chi connectivity index (χ4n) is 2.43. The van der Waals surface area contributed by atoms with Crippen LogP contribution in [0.1, 0.15) is 16.7 Å². The lowest BCUT2D eigenvalue weighted by atomic mass is 10.0. The summed E-state index contributed by atoms with van der Waals surface area (Å²) in [5.41, 5.74) is 4.68. The Morgan fingerprint density at radius 3 is 2.40 bits per heavy atom. The first-order chi connectivity index (χ1) is 9.75. The zero-order valence-electron chi connectivity index (χ0n) is 11.8. The maximum atomic E-state index is 4.62. The van der Waals surface area contributed by atoms with Crippen LogP contribution in [0.4, 0.5) is 5.69 Å². The lowest BCUT2D eigenvalue weighted by Gasteiger charge is -2.05. The molecule has 0 saturated carbocycles. The standard InChI is InChI=1S/C19H17N/c1-14-7-3-6-10-19(14)20-13-17-12-11-16-8-4-5-9-18(16)15(17)2/h3-13H,1-2H3. The number of hydrogen-bond acceptors (Lipinski definition) is 1. The van der Waals surface area contributed by atoms with E-state index in [1.165, 1.54) is 27.5 Å². The van der Waals surface area contributed by atoms with Crippen LogP contribution in [0.3, 0.4) is 0 Å². The number of para-hydroxylation sites is 1. The number of aryl methyl sites for hydroxylation is 2. The van der Waals surface area contributed by atoms with E-state index in [4.69, 9.17) is 0 Å². The molecule has 0 N–H and O–H groups in total. The van der Waals surface area contributed by atoms with Gasteiger partial charge in [-0.15, -0.1) is 0 Å². The highest BCUT2D eigenvalue weighted by molar-refractivity contribution is 5.94. The van der Waals surface area contributed by atoms with Crippen molar-refractivity contribution in [2.45, 2.75) is 13.8 Å². The molecule has 0 heterocycles. The van der Waals surface area contributed by atoms with E-state index in [2.05, 4.69) is 61.3 Å². The van der Waals surface area contributed by atoms with Crippen molar-refractivity contribution in [3.05, 3.63) is 77.4 Å². The molecule has 0 aliphatic rings. The minimum Gasteiger partial charge on any atom is -0.256 e. The molecule has 0 bridgehead atoms. The summed E-state index contributed by atoms with van der Waals surface area (Å²) in [7, 11) is 0. The number of aliphatic imine (C=N–C) groups is 1. The molecule has 0 aliphatic heterocycles. The van der Waals surface area contributed by atoms with E-state index in [1.807, 2.05) is 24.4 Å². The van der Waals surface area contributed by atoms with Gasteiger partial charge in [0.25, 0.3) is 0 Å². The number of benzene rings is 3. The Bertz CT molecular complexity index is 785. The Morgan fingerprint density at radius 1 is 0.800 bits per heavy atom. The first-order valence-corrected chi connectivity index (χ1v) is 6.84. The quantitative estimate of drug-likeness (QED) is 0.560. The van der Waals surface area contributed by atoms with E-state index in [9.17, 15) is 0 Å². The predicted molar refractivity (Wildman–Crippen MR) is 87.1 cm³/mol. The number of nitrogens with zero attached hydrogens (tertiary/aromatic N) is 1. The van der Waals surface area contributed by atoms with Crippen LogP contribution in [0, 0.1) is 13.8 Å². The Hall–Kier alpha value is -2.41. The Morgan fingerprint density at radius 2 is 1.55 bits per heavy atom. The highest BCUT2D eigenvalue weighted by Gasteiger charge is 2.01. The van der Waals surface area contributed by atoms with Crippen molar-refractivity contribution in [1.29, 1.82) is 0 Å². The van der Waals surface area contributed by atoms with Crippen LogP contribution in [0.2, 0.25) is 0 Å². The summed E-state index contributed by atoms with van der Waals surface area (Å²) in [6.45, 7) is 4.24. The summed E-state index contributed by atoms with van der Waals surface area (Å²) < 4.78 is 0. The molecule has 3 rings (SSSR count). The lowest BCUT2D eigenvalue weighted by molar-refractivity contribution is 1.40. The average molecular weight is 259 g/mol. The minimum atomic E-state index is 1.03. The summed E-state index contributed by atoms with van der Waals surface area (Å²) in [6.07, 6.45) is 1.96. The smallest absolute Gasteiger partial charge is 0.0659 e. The average Bonchev–Trinajstić information content (AvgIpc) is 2.48. The van der Waals surface area contributed by atoms with Crippen LogP contribution in [-0.2, 0) is 0 Å². The molecule has 3 aromatic rings. The summed E-state index contributed by atoms with van der Waals surface area (Å²) in [6, 6.07) is 20.9. The third-order valence-corrected chi connectivity index (χ3v) is 3.70. The summed E-state index contributed by atoms with van der Waals surface area (Å²) in [5, 5.41) is 2.57. The van der Waals surface area contributed by atoms with Gasteiger partial charge in [-0.05, 0) is 47.4 Å². The predicted octanol–water partition coefficient (Wildman–Crippen LogP) is 5.21. The van der Waals surface area contributed by atoms with Crippen molar-refractivity contribution >= 4 is 22.7 Å². The maximum absolute atomic E-state index is 4.62. The highest BCUT2D eigenvalue weighted by Crippen LogP contribution is 2.22. The molecule has 1 heteroatoms. The van der Waals surface area contributed by atoms with E-state index in [0.717, 1.165) is 5.69 Å². The van der Waals surface area contributed by atoms with Crippen molar-refractivity contribution in [3.63, 3.8) is 0 Å². The monoisotopic (exact) mass is 259 g/mol. The van der Waals surface area contributed by atoms with Crippen LogP contribution in [-0.4, -0.2) is 6.21 Å². The fourth-order valence-corrected chi connectivity index (χ4v) is 2.43. The molecule has 98 valence electrons. The van der Waals surface area contributed by atoms with E-state index in [1.54, 1.807) is 0 Å². The van der Waals surface area contributed by atoms with Gasteiger partial charge in [-0.1, -0.05) is 54.6 Å². The number of hydrogen-bond donors (Lipinski definition) is 0. The molecule has 0 radical (unpaired) electrons. The first-order valence-electron chi connectivity index (χ1n) is 6.84. The molecule has 0 atom stereocenters. The van der Waals surface area contributed by atoms with Gasteiger partial charge in [-0.2, -0.15) is 0 Å². The molecule has 0 aromatic heterocycles. The summed E-state index contributed by atoms with van der Waals surface area (Å²) in [5.74, 6) is 0. The Labute approximate surface area is 119 Å². The molecule has 0 spiro atoms. The third-order valence-electron chi connectivity index (χ3n) is 3.70. The van der Waals surface area contributed by atoms with Crippen molar-refractivity contribution in [3.8, 4) is 0 Å². The molecule has 3 aromatic carbocycles. The normalized spacial score (nSPS) is 11.3. The van der Waals surface area contributed by atoms with Crippen LogP contribution in [0.5, 0.6) is 0 Å². The van der Waals surface area contributed by atoms with Crippen LogP contribution in [0.25, 0.3) is 10.8 Å². The second-order valence-corrected chi connectivity index (χ2v) is 5.05. The maximum Gasteiger partial charge on any atom is 0.0659 e. The summed E-state index contributed by atoms with van der Waals surface area (Å²) in [4.78, 5) is 4.62. The van der Waals surface area contributed by atoms with Crippen molar-refractivity contribution in [2.24, 2.45) is 4.99 Å². The molecule has 0 amide bonds. The zero-order chi connectivity index (χ0) is 13.9.